The van der Waals surface area contributed by atoms with Crippen molar-refractivity contribution in [3.63, 3.8) is 0 Å². The minimum Gasteiger partial charge on any atom is -0.494 e. The van der Waals surface area contributed by atoms with Crippen LogP contribution in [0.1, 0.15) is 23.5 Å². The number of nitrogens with one attached hydrogen (secondary N) is 1. The molecule has 0 radical (unpaired) electrons. The van der Waals surface area contributed by atoms with Crippen LogP contribution in [0.2, 0.25) is 0 Å². The Morgan fingerprint density at radius 2 is 1.97 bits per heavy atom. The summed E-state index contributed by atoms with van der Waals surface area (Å²) >= 11 is 0. The topological polar surface area (TPSA) is 65.4 Å². The average Bonchev–Trinajstić information content (AvgIpc) is 2.72. The molecule has 0 aliphatic carbocycles. The zero-order chi connectivity index (χ0) is 22.8. The molecule has 1 saturated heterocycles. The number of hydrogen-bond acceptors (Lipinski definition) is 4. The van der Waals surface area contributed by atoms with Crippen LogP contribution in [-0.2, 0) is 4.79 Å². The van der Waals surface area contributed by atoms with E-state index in [1.54, 1.807) is 4.90 Å². The van der Waals surface area contributed by atoms with E-state index in [-0.39, 0.29) is 24.3 Å². The van der Waals surface area contributed by atoms with Crippen molar-refractivity contribution in [1.82, 2.24) is 5.32 Å². The molecular weight excluding hydrogens is 421 g/mol. The van der Waals surface area contributed by atoms with Crippen molar-refractivity contribution in [1.29, 1.82) is 5.26 Å². The Kier molecular flexibility index (Phi) is 6.34. The van der Waals surface area contributed by atoms with Crippen molar-refractivity contribution in [3.8, 4) is 11.8 Å². The lowest BCUT2D eigenvalue weighted by Crippen LogP contribution is -2.54. The van der Waals surface area contributed by atoms with Gasteiger partial charge in [0.05, 0.1) is 24.4 Å². The van der Waals surface area contributed by atoms with E-state index in [0.717, 1.165) is 12.1 Å². The van der Waals surface area contributed by atoms with Gasteiger partial charge in [0, 0.05) is 19.0 Å². The molecule has 2 aromatic rings. The first kappa shape index (κ1) is 22.3. The van der Waals surface area contributed by atoms with Gasteiger partial charge in [-0.1, -0.05) is 6.07 Å². The number of nitriles is 1. The van der Waals surface area contributed by atoms with Crippen LogP contribution in [0.3, 0.4) is 0 Å². The number of rotatable bonds is 4. The van der Waals surface area contributed by atoms with Crippen LogP contribution in [0.5, 0.6) is 5.75 Å². The minimum absolute atomic E-state index is 0.0120. The Morgan fingerprint density at radius 1 is 1.23 bits per heavy atom. The second-order valence-electron chi connectivity index (χ2n) is 7.09. The number of amides is 1. The van der Waals surface area contributed by atoms with Crippen molar-refractivity contribution < 1.29 is 31.5 Å². The van der Waals surface area contributed by atoms with E-state index in [4.69, 9.17) is 4.74 Å². The van der Waals surface area contributed by atoms with E-state index in [9.17, 15) is 32.0 Å². The first-order valence-electron chi connectivity index (χ1n) is 9.29. The van der Waals surface area contributed by atoms with Gasteiger partial charge in [0.15, 0.2) is 11.6 Å². The van der Waals surface area contributed by atoms with Gasteiger partial charge in [-0.15, -0.1) is 0 Å². The highest BCUT2D eigenvalue weighted by atomic mass is 19.4. The smallest absolute Gasteiger partial charge is 0.471 e. The molecule has 31 heavy (non-hydrogen) atoms. The summed E-state index contributed by atoms with van der Waals surface area (Å²) in [5.74, 6) is -4.03. The molecule has 0 spiro atoms. The minimum atomic E-state index is -5.09. The largest absolute Gasteiger partial charge is 0.494 e. The number of methoxy groups -OCH3 is 1. The second kappa shape index (κ2) is 8.79. The Balaban J connectivity index is 1.93. The number of piperidine rings is 1. The molecule has 0 aromatic heterocycles. The van der Waals surface area contributed by atoms with Crippen molar-refractivity contribution in [2.24, 2.45) is 0 Å². The van der Waals surface area contributed by atoms with Crippen molar-refractivity contribution >= 4 is 11.6 Å². The van der Waals surface area contributed by atoms with Gasteiger partial charge in [-0.05, 0) is 42.3 Å². The molecule has 5 nitrogen and oxygen atoms in total. The van der Waals surface area contributed by atoms with Crippen molar-refractivity contribution in [2.45, 2.75) is 24.6 Å². The second-order valence-corrected chi connectivity index (χ2v) is 7.09. The maximum absolute atomic E-state index is 14.2. The van der Waals surface area contributed by atoms with Gasteiger partial charge in [0.1, 0.15) is 11.9 Å². The Hall–Kier alpha value is -3.35. The summed E-state index contributed by atoms with van der Waals surface area (Å²) in [5.41, 5.74) is 0.773. The molecule has 1 heterocycles. The van der Waals surface area contributed by atoms with Crippen molar-refractivity contribution in [2.75, 3.05) is 25.1 Å². The molecule has 0 saturated carbocycles. The zero-order valence-corrected chi connectivity index (χ0v) is 16.3. The molecule has 164 valence electrons. The molecular formula is C21H18F5N3O2. The van der Waals surface area contributed by atoms with Gasteiger partial charge in [-0.3, -0.25) is 4.79 Å². The molecule has 1 amide bonds. The van der Waals surface area contributed by atoms with Gasteiger partial charge in [0.25, 0.3) is 0 Å². The average molecular weight is 439 g/mol. The van der Waals surface area contributed by atoms with E-state index in [1.807, 2.05) is 11.4 Å². The lowest BCUT2D eigenvalue weighted by molar-refractivity contribution is -0.174. The van der Waals surface area contributed by atoms with Gasteiger partial charge in [-0.25, -0.2) is 8.78 Å². The molecule has 10 heteroatoms. The van der Waals surface area contributed by atoms with Crippen LogP contribution in [-0.4, -0.2) is 38.3 Å². The monoisotopic (exact) mass is 439 g/mol. The lowest BCUT2D eigenvalue weighted by atomic mass is 9.84. The Labute approximate surface area is 175 Å². The Morgan fingerprint density at radius 3 is 2.58 bits per heavy atom. The standard InChI is InChI=1S/C21H18F5N3O2/c1-31-19-5-2-12(9-16(19)23)15-6-7-29(11-17(15)28-20(30)21(24,25)26)18-4-3-14(22)8-13(18)10-27/h2-5,8-9,15,17H,6-7,11H2,1H3,(H,28,30). The highest BCUT2D eigenvalue weighted by Crippen LogP contribution is 2.34. The highest BCUT2D eigenvalue weighted by molar-refractivity contribution is 5.82. The number of carbonyl (C=O) groups excluding carboxylic acids is 1. The predicted molar refractivity (Wildman–Crippen MR) is 102 cm³/mol. The van der Waals surface area contributed by atoms with E-state index in [0.29, 0.717) is 17.8 Å². The fourth-order valence-corrected chi connectivity index (χ4v) is 3.75. The summed E-state index contributed by atoms with van der Waals surface area (Å²) in [7, 11) is 1.29. The lowest BCUT2D eigenvalue weighted by Gasteiger charge is -2.40. The van der Waals surface area contributed by atoms with Crippen LogP contribution in [0.15, 0.2) is 36.4 Å². The number of anilines is 1. The maximum atomic E-state index is 14.2. The summed E-state index contributed by atoms with van der Waals surface area (Å²) < 4.78 is 71.2. The normalized spacial score (nSPS) is 18.9. The third-order valence-electron chi connectivity index (χ3n) is 5.21. The third kappa shape index (κ3) is 4.87. The van der Waals surface area contributed by atoms with Gasteiger partial charge < -0.3 is 15.0 Å². The molecule has 1 fully saturated rings. The fraction of sp³-hybridized carbons (Fsp3) is 0.333. The third-order valence-corrected chi connectivity index (χ3v) is 5.21. The number of hydrogen-bond donors (Lipinski definition) is 1. The van der Waals surface area contributed by atoms with Crippen LogP contribution >= 0.6 is 0 Å². The SMILES string of the molecule is COc1ccc(C2CCN(c3ccc(F)cc3C#N)CC2NC(=O)C(F)(F)F)cc1F. The highest BCUT2D eigenvalue weighted by Gasteiger charge is 2.42. The first-order valence-corrected chi connectivity index (χ1v) is 9.29. The summed E-state index contributed by atoms with van der Waals surface area (Å²) in [5, 5.41) is 11.3. The van der Waals surface area contributed by atoms with Crippen LogP contribution in [0, 0.1) is 23.0 Å². The van der Waals surface area contributed by atoms with E-state index in [2.05, 4.69) is 0 Å². The van der Waals surface area contributed by atoms with Crippen LogP contribution in [0.4, 0.5) is 27.6 Å². The van der Waals surface area contributed by atoms with Gasteiger partial charge >= 0.3 is 12.1 Å². The molecule has 1 aliphatic rings. The maximum Gasteiger partial charge on any atom is 0.471 e. The summed E-state index contributed by atoms with van der Waals surface area (Å²) in [6.45, 7) is 0.220. The molecule has 2 aromatic carbocycles. The zero-order valence-electron chi connectivity index (χ0n) is 16.3. The van der Waals surface area contributed by atoms with Gasteiger partial charge in [0.2, 0.25) is 0 Å². The van der Waals surface area contributed by atoms with Gasteiger partial charge in [-0.2, -0.15) is 18.4 Å². The van der Waals surface area contributed by atoms with Crippen molar-refractivity contribution in [3.05, 3.63) is 59.2 Å². The first-order chi connectivity index (χ1) is 14.6. The fourth-order valence-electron chi connectivity index (χ4n) is 3.75. The number of carbonyl (C=O) groups is 1. The van der Waals surface area contributed by atoms with Crippen LogP contribution < -0.4 is 15.0 Å². The number of alkyl halides is 3. The van der Waals surface area contributed by atoms with Crippen LogP contribution in [0.25, 0.3) is 0 Å². The van der Waals surface area contributed by atoms with E-state index < -0.39 is 35.7 Å². The quantitative estimate of drug-likeness (QED) is 0.735. The van der Waals surface area contributed by atoms with E-state index in [1.165, 1.54) is 31.4 Å². The molecule has 1 N–H and O–H groups in total. The molecule has 3 rings (SSSR count). The molecule has 2 unspecified atom stereocenters. The van der Waals surface area contributed by atoms with E-state index >= 15 is 0 Å². The number of ether oxygens (including phenoxy) is 1. The number of halogens is 5. The summed E-state index contributed by atoms with van der Waals surface area (Å²) in [6, 6.07) is 8.44. The molecule has 2 atom stereocenters. The molecule has 1 aliphatic heterocycles. The number of nitrogens with zero attached hydrogens (tertiary/aromatic N) is 2. The number of benzene rings is 2. The summed E-state index contributed by atoms with van der Waals surface area (Å²) in [6.07, 6.45) is -4.83. The Bertz CT molecular complexity index is 1020. The predicted octanol–water partition coefficient (Wildman–Crippen LogP) is 3.89. The molecule has 0 bridgehead atoms. The summed E-state index contributed by atoms with van der Waals surface area (Å²) in [4.78, 5) is 13.2.